The second-order valence-electron chi connectivity index (χ2n) is 5.15. The molecular formula is C15H23ClN2O. The molecule has 1 aromatic rings. The first-order valence-corrected chi connectivity index (χ1v) is 7.33. The molecule has 1 N–H and O–H groups in total. The number of methoxy groups -OCH3 is 1. The van der Waals surface area contributed by atoms with Crippen LogP contribution in [0.4, 0.5) is 0 Å². The largest absolute Gasteiger partial charge is 0.495 e. The van der Waals surface area contributed by atoms with Crippen molar-refractivity contribution in [3.05, 3.63) is 28.8 Å². The minimum atomic E-state index is 0.639. The van der Waals surface area contributed by atoms with Gasteiger partial charge in [-0.15, -0.1) is 0 Å². The summed E-state index contributed by atoms with van der Waals surface area (Å²) in [5.74, 6) is 0.746. The highest BCUT2D eigenvalue weighted by Crippen LogP contribution is 2.27. The number of rotatable bonds is 5. The van der Waals surface area contributed by atoms with E-state index < -0.39 is 0 Å². The zero-order chi connectivity index (χ0) is 13.7. The monoisotopic (exact) mass is 282 g/mol. The van der Waals surface area contributed by atoms with Gasteiger partial charge in [0, 0.05) is 19.1 Å². The van der Waals surface area contributed by atoms with Crippen LogP contribution < -0.4 is 10.1 Å². The predicted octanol–water partition coefficient (Wildman–Crippen LogP) is 2.92. The van der Waals surface area contributed by atoms with Gasteiger partial charge in [-0.3, -0.25) is 4.90 Å². The molecule has 1 aromatic carbocycles. The summed E-state index contributed by atoms with van der Waals surface area (Å²) in [5, 5.41) is 3.99. The summed E-state index contributed by atoms with van der Waals surface area (Å²) in [6, 6.07) is 6.72. The highest BCUT2D eigenvalue weighted by atomic mass is 35.5. The fourth-order valence-corrected chi connectivity index (χ4v) is 3.06. The number of nitrogens with one attached hydrogen (secondary N) is 1. The van der Waals surface area contributed by atoms with E-state index in [1.54, 1.807) is 7.11 Å². The molecule has 3 nitrogen and oxygen atoms in total. The first-order valence-electron chi connectivity index (χ1n) is 6.95. The van der Waals surface area contributed by atoms with E-state index in [-0.39, 0.29) is 0 Å². The van der Waals surface area contributed by atoms with Crippen LogP contribution in [-0.4, -0.2) is 38.2 Å². The molecule has 1 aliphatic heterocycles. The first kappa shape index (κ1) is 14.6. The molecule has 1 atom stereocenters. The molecule has 1 saturated heterocycles. The number of nitrogens with zero attached hydrogens (tertiary/aromatic N) is 1. The van der Waals surface area contributed by atoms with Gasteiger partial charge in [-0.25, -0.2) is 0 Å². The van der Waals surface area contributed by atoms with Gasteiger partial charge in [0.25, 0.3) is 0 Å². The quantitative estimate of drug-likeness (QED) is 0.899. The Hall–Kier alpha value is -0.770. The lowest BCUT2D eigenvalue weighted by Gasteiger charge is -2.35. The van der Waals surface area contributed by atoms with Crippen LogP contribution in [0.3, 0.4) is 0 Å². The van der Waals surface area contributed by atoms with Crippen molar-refractivity contribution in [2.24, 2.45) is 0 Å². The molecular weight excluding hydrogens is 260 g/mol. The Kier molecular flexibility index (Phi) is 5.49. The Labute approximate surface area is 120 Å². The predicted molar refractivity (Wildman–Crippen MR) is 80.0 cm³/mol. The second-order valence-corrected chi connectivity index (χ2v) is 5.55. The van der Waals surface area contributed by atoms with Crippen LogP contribution >= 0.6 is 11.6 Å². The smallest absolute Gasteiger partial charge is 0.137 e. The number of likely N-dealkylation sites (tertiary alicyclic amines) is 1. The number of halogens is 1. The summed E-state index contributed by atoms with van der Waals surface area (Å²) < 4.78 is 5.19. The lowest BCUT2D eigenvalue weighted by molar-refractivity contribution is 0.139. The van der Waals surface area contributed by atoms with E-state index in [2.05, 4.69) is 16.3 Å². The van der Waals surface area contributed by atoms with E-state index >= 15 is 0 Å². The summed E-state index contributed by atoms with van der Waals surface area (Å²) in [7, 11) is 3.67. The van der Waals surface area contributed by atoms with E-state index in [1.165, 1.54) is 31.4 Å². The van der Waals surface area contributed by atoms with Crippen LogP contribution in [0.1, 0.15) is 24.8 Å². The minimum Gasteiger partial charge on any atom is -0.495 e. The third-order valence-electron chi connectivity index (χ3n) is 3.79. The van der Waals surface area contributed by atoms with Crippen molar-refractivity contribution in [1.29, 1.82) is 0 Å². The average Bonchev–Trinajstić information content (AvgIpc) is 2.41. The number of likely N-dealkylation sites (N-methyl/N-ethyl adjacent to an activating group) is 1. The fraction of sp³-hybridized carbons (Fsp3) is 0.600. The van der Waals surface area contributed by atoms with Gasteiger partial charge in [-0.05, 0) is 44.1 Å². The van der Waals surface area contributed by atoms with Gasteiger partial charge in [-0.1, -0.05) is 24.1 Å². The first-order chi connectivity index (χ1) is 9.24. The SMILES string of the molecule is CNCC1CCCCN1Cc1ccc(OC)c(Cl)c1. The van der Waals surface area contributed by atoms with Crippen molar-refractivity contribution >= 4 is 11.6 Å². The molecule has 0 amide bonds. The highest BCUT2D eigenvalue weighted by Gasteiger charge is 2.21. The van der Waals surface area contributed by atoms with Crippen molar-refractivity contribution in [3.8, 4) is 5.75 Å². The van der Waals surface area contributed by atoms with Gasteiger partial charge in [0.15, 0.2) is 0 Å². The number of benzene rings is 1. The van der Waals surface area contributed by atoms with Gasteiger partial charge in [0.05, 0.1) is 12.1 Å². The Bertz CT molecular complexity index is 409. The zero-order valence-corrected chi connectivity index (χ0v) is 12.5. The normalized spacial score (nSPS) is 20.5. The molecule has 0 saturated carbocycles. The molecule has 0 radical (unpaired) electrons. The van der Waals surface area contributed by atoms with Crippen LogP contribution in [-0.2, 0) is 6.54 Å². The Morgan fingerprint density at radius 1 is 1.42 bits per heavy atom. The van der Waals surface area contributed by atoms with E-state index in [0.717, 1.165) is 18.8 Å². The van der Waals surface area contributed by atoms with Crippen molar-refractivity contribution in [2.75, 3.05) is 27.2 Å². The number of ether oxygens (including phenoxy) is 1. The van der Waals surface area contributed by atoms with Gasteiger partial charge in [0.2, 0.25) is 0 Å². The lowest BCUT2D eigenvalue weighted by Crippen LogP contribution is -2.44. The molecule has 1 heterocycles. The molecule has 2 rings (SSSR count). The van der Waals surface area contributed by atoms with Crippen LogP contribution in [0, 0.1) is 0 Å². The van der Waals surface area contributed by atoms with Crippen LogP contribution in [0.15, 0.2) is 18.2 Å². The molecule has 4 heteroatoms. The Morgan fingerprint density at radius 3 is 2.95 bits per heavy atom. The topological polar surface area (TPSA) is 24.5 Å². The number of hydrogen-bond acceptors (Lipinski definition) is 3. The molecule has 0 aromatic heterocycles. The number of piperidine rings is 1. The molecule has 0 bridgehead atoms. The molecule has 1 aliphatic rings. The fourth-order valence-electron chi connectivity index (χ4n) is 2.78. The maximum atomic E-state index is 6.19. The highest BCUT2D eigenvalue weighted by molar-refractivity contribution is 6.32. The van der Waals surface area contributed by atoms with E-state index in [9.17, 15) is 0 Å². The standard InChI is InChI=1S/C15H23ClN2O/c1-17-10-13-5-3-4-8-18(13)11-12-6-7-15(19-2)14(16)9-12/h6-7,9,13,17H,3-5,8,10-11H2,1-2H3. The van der Waals surface area contributed by atoms with Gasteiger partial charge < -0.3 is 10.1 Å². The van der Waals surface area contributed by atoms with Crippen LogP contribution in [0.25, 0.3) is 0 Å². The Balaban J connectivity index is 2.04. The second kappa shape index (κ2) is 7.13. The molecule has 19 heavy (non-hydrogen) atoms. The third kappa shape index (κ3) is 3.85. The maximum absolute atomic E-state index is 6.19. The van der Waals surface area contributed by atoms with E-state index in [1.807, 2.05) is 19.2 Å². The molecule has 106 valence electrons. The summed E-state index contributed by atoms with van der Waals surface area (Å²) in [6.45, 7) is 3.20. The van der Waals surface area contributed by atoms with E-state index in [4.69, 9.17) is 16.3 Å². The average molecular weight is 283 g/mol. The van der Waals surface area contributed by atoms with Crippen LogP contribution in [0.5, 0.6) is 5.75 Å². The molecule has 0 spiro atoms. The summed E-state index contributed by atoms with van der Waals surface area (Å²) in [6.07, 6.45) is 3.92. The van der Waals surface area contributed by atoms with Crippen molar-refractivity contribution in [3.63, 3.8) is 0 Å². The molecule has 0 aliphatic carbocycles. The Morgan fingerprint density at radius 2 is 2.26 bits per heavy atom. The van der Waals surface area contributed by atoms with Crippen LogP contribution in [0.2, 0.25) is 5.02 Å². The van der Waals surface area contributed by atoms with Gasteiger partial charge in [-0.2, -0.15) is 0 Å². The minimum absolute atomic E-state index is 0.639. The number of hydrogen-bond donors (Lipinski definition) is 1. The van der Waals surface area contributed by atoms with Crippen molar-refractivity contribution in [1.82, 2.24) is 10.2 Å². The summed E-state index contributed by atoms with van der Waals surface area (Å²) in [5.41, 5.74) is 1.26. The maximum Gasteiger partial charge on any atom is 0.137 e. The summed E-state index contributed by atoms with van der Waals surface area (Å²) in [4.78, 5) is 2.55. The summed E-state index contributed by atoms with van der Waals surface area (Å²) >= 11 is 6.19. The lowest BCUT2D eigenvalue weighted by atomic mass is 10.0. The third-order valence-corrected chi connectivity index (χ3v) is 4.09. The van der Waals surface area contributed by atoms with Gasteiger partial charge in [0.1, 0.15) is 5.75 Å². The molecule has 1 fully saturated rings. The van der Waals surface area contributed by atoms with Crippen molar-refractivity contribution < 1.29 is 4.74 Å². The zero-order valence-electron chi connectivity index (χ0n) is 11.8. The molecule has 1 unspecified atom stereocenters. The van der Waals surface area contributed by atoms with Gasteiger partial charge >= 0.3 is 0 Å². The van der Waals surface area contributed by atoms with Crippen molar-refractivity contribution in [2.45, 2.75) is 31.8 Å². The van der Waals surface area contributed by atoms with E-state index in [0.29, 0.717) is 11.1 Å².